The normalized spacial score (nSPS) is 13.3. The summed E-state index contributed by atoms with van der Waals surface area (Å²) in [6.45, 7) is 3.86. The van der Waals surface area contributed by atoms with Gasteiger partial charge in [0.1, 0.15) is 12.5 Å². The van der Waals surface area contributed by atoms with E-state index in [1.54, 1.807) is 24.3 Å². The fraction of sp³-hybridized carbons (Fsp3) is 0.300. The van der Waals surface area contributed by atoms with Crippen LogP contribution < -0.4 is 10.6 Å². The smallest absolute Gasteiger partial charge is 0.307 e. The minimum atomic E-state index is -1.38. The van der Waals surface area contributed by atoms with Gasteiger partial charge in [-0.05, 0) is 37.1 Å². The number of amides is 2. The summed E-state index contributed by atoms with van der Waals surface area (Å²) in [5.74, 6) is -0.359. The number of rotatable bonds is 10. The van der Waals surface area contributed by atoms with E-state index in [1.807, 2.05) is 50.2 Å². The van der Waals surface area contributed by atoms with Gasteiger partial charge >= 0.3 is 10.0 Å². The van der Waals surface area contributed by atoms with Crippen LogP contribution in [0.2, 0.25) is 0 Å². The lowest BCUT2D eigenvalue weighted by molar-refractivity contribution is 0.0630. The molecule has 27 heavy (non-hydrogen) atoms. The molecule has 0 fully saturated rings. The summed E-state index contributed by atoms with van der Waals surface area (Å²) in [5.41, 5.74) is 1.17. The van der Waals surface area contributed by atoms with Crippen molar-refractivity contribution in [1.82, 2.24) is 10.6 Å². The van der Waals surface area contributed by atoms with Crippen molar-refractivity contribution in [2.24, 2.45) is 0 Å². The lowest BCUT2D eigenvalue weighted by atomic mass is 10.2. The van der Waals surface area contributed by atoms with Crippen LogP contribution in [0.25, 0.3) is 0 Å². The van der Waals surface area contributed by atoms with Crippen LogP contribution in [0.5, 0.6) is 0 Å². The van der Waals surface area contributed by atoms with E-state index in [0.29, 0.717) is 24.0 Å². The Morgan fingerprint density at radius 1 is 0.778 bits per heavy atom. The fourth-order valence-corrected chi connectivity index (χ4v) is 3.41. The minimum absolute atomic E-state index is 0.180. The molecule has 0 heterocycles. The highest BCUT2D eigenvalue weighted by Gasteiger charge is 2.15. The number of hydrogen-bond acceptors (Lipinski definition) is 4. The van der Waals surface area contributed by atoms with Crippen LogP contribution in [0.1, 0.15) is 47.4 Å². The van der Waals surface area contributed by atoms with Crippen molar-refractivity contribution in [2.75, 3.05) is 0 Å². The van der Waals surface area contributed by atoms with E-state index < -0.39 is 22.5 Å². The monoisotopic (exact) mass is 386 g/mol. The predicted molar refractivity (Wildman–Crippen MR) is 107 cm³/mol. The summed E-state index contributed by atoms with van der Waals surface area (Å²) in [4.78, 5) is 24.4. The maximum Gasteiger partial charge on any atom is 0.307 e. The molecule has 2 rings (SSSR count). The van der Waals surface area contributed by atoms with Gasteiger partial charge in [0.2, 0.25) is 0 Å². The van der Waals surface area contributed by atoms with E-state index in [2.05, 4.69) is 10.6 Å². The molecule has 2 aromatic carbocycles. The topological polar surface area (TPSA) is 76.7 Å². The third-order valence-electron chi connectivity index (χ3n) is 3.94. The molecule has 0 radical (unpaired) electrons. The van der Waals surface area contributed by atoms with Crippen molar-refractivity contribution >= 4 is 21.8 Å². The molecule has 2 N–H and O–H groups in total. The SMILES string of the molecule is CCC(NC(=O)c1ccccc1)O[SiH2]OC(CC)NC(=O)c1ccccc1. The van der Waals surface area contributed by atoms with E-state index in [9.17, 15) is 9.59 Å². The second-order valence-electron chi connectivity index (χ2n) is 5.92. The molecule has 0 aromatic heterocycles. The molecule has 2 atom stereocenters. The van der Waals surface area contributed by atoms with Gasteiger partial charge in [0.25, 0.3) is 11.8 Å². The standard InChI is InChI=1S/C20H26N2O4Si/c1-3-17(21-19(23)15-11-7-5-8-12-15)25-27-26-18(4-2)22-20(24)16-13-9-6-10-14-16/h5-14,17-18H,3-4,27H2,1-2H3,(H,21,23)(H,22,24). The van der Waals surface area contributed by atoms with Crippen LogP contribution in [-0.2, 0) is 8.85 Å². The summed E-state index contributed by atoms with van der Waals surface area (Å²) in [7, 11) is -1.38. The molecule has 0 saturated carbocycles. The maximum atomic E-state index is 12.2. The summed E-state index contributed by atoms with van der Waals surface area (Å²) < 4.78 is 11.5. The van der Waals surface area contributed by atoms with Gasteiger partial charge in [0.15, 0.2) is 0 Å². The molecule has 0 spiro atoms. The first-order valence-electron chi connectivity index (χ1n) is 9.09. The van der Waals surface area contributed by atoms with Crippen LogP contribution in [0.15, 0.2) is 60.7 Å². The second-order valence-corrected chi connectivity index (χ2v) is 6.83. The van der Waals surface area contributed by atoms with E-state index in [1.165, 1.54) is 0 Å². The van der Waals surface area contributed by atoms with E-state index in [-0.39, 0.29) is 11.8 Å². The van der Waals surface area contributed by atoms with Crippen LogP contribution in [0.4, 0.5) is 0 Å². The molecule has 2 amide bonds. The van der Waals surface area contributed by atoms with Crippen LogP contribution in [-0.4, -0.2) is 34.3 Å². The van der Waals surface area contributed by atoms with E-state index >= 15 is 0 Å². The zero-order valence-electron chi connectivity index (χ0n) is 15.7. The predicted octanol–water partition coefficient (Wildman–Crippen LogP) is 2.35. The lowest BCUT2D eigenvalue weighted by Crippen LogP contribution is -2.41. The quantitative estimate of drug-likeness (QED) is 0.485. The van der Waals surface area contributed by atoms with E-state index in [0.717, 1.165) is 0 Å². The van der Waals surface area contributed by atoms with Gasteiger partial charge in [-0.2, -0.15) is 0 Å². The van der Waals surface area contributed by atoms with Crippen molar-refractivity contribution < 1.29 is 18.4 Å². The molecular formula is C20H26N2O4Si. The van der Waals surface area contributed by atoms with Crippen molar-refractivity contribution in [3.8, 4) is 0 Å². The minimum Gasteiger partial charge on any atom is -0.378 e. The molecule has 0 aliphatic rings. The molecular weight excluding hydrogens is 360 g/mol. The van der Waals surface area contributed by atoms with Gasteiger partial charge in [-0.3, -0.25) is 9.59 Å². The number of carbonyl (C=O) groups excluding carboxylic acids is 2. The van der Waals surface area contributed by atoms with Gasteiger partial charge in [-0.1, -0.05) is 50.2 Å². The van der Waals surface area contributed by atoms with Gasteiger partial charge in [0, 0.05) is 11.1 Å². The molecule has 2 unspecified atom stereocenters. The molecule has 0 aliphatic heterocycles. The molecule has 0 aliphatic carbocycles. The molecule has 0 bridgehead atoms. The molecule has 0 saturated heterocycles. The van der Waals surface area contributed by atoms with E-state index in [4.69, 9.17) is 8.85 Å². The first-order valence-corrected chi connectivity index (χ1v) is 10.2. The number of hydrogen-bond donors (Lipinski definition) is 2. The third kappa shape index (κ3) is 6.97. The van der Waals surface area contributed by atoms with Gasteiger partial charge in [-0.15, -0.1) is 0 Å². The first kappa shape index (κ1) is 20.8. The Balaban J connectivity index is 1.78. The van der Waals surface area contributed by atoms with Crippen LogP contribution >= 0.6 is 0 Å². The third-order valence-corrected chi connectivity index (χ3v) is 5.01. The highest BCUT2D eigenvalue weighted by molar-refractivity contribution is 6.18. The molecule has 6 nitrogen and oxygen atoms in total. The van der Waals surface area contributed by atoms with Crippen molar-refractivity contribution in [3.05, 3.63) is 71.8 Å². The van der Waals surface area contributed by atoms with Gasteiger partial charge < -0.3 is 19.5 Å². The van der Waals surface area contributed by atoms with Gasteiger partial charge in [-0.25, -0.2) is 0 Å². The Labute approximate surface area is 162 Å². The first-order chi connectivity index (χ1) is 13.1. The summed E-state index contributed by atoms with van der Waals surface area (Å²) in [5, 5.41) is 5.70. The number of carbonyl (C=O) groups is 2. The lowest BCUT2D eigenvalue weighted by Gasteiger charge is -2.22. The highest BCUT2D eigenvalue weighted by atomic mass is 28.3. The molecule has 7 heteroatoms. The zero-order valence-corrected chi connectivity index (χ0v) is 17.1. The number of benzene rings is 2. The van der Waals surface area contributed by atoms with Gasteiger partial charge in [0.05, 0.1) is 0 Å². The second kappa shape index (κ2) is 11.3. The zero-order chi connectivity index (χ0) is 19.5. The Morgan fingerprint density at radius 2 is 1.15 bits per heavy atom. The van der Waals surface area contributed by atoms with Crippen molar-refractivity contribution in [2.45, 2.75) is 39.1 Å². The van der Waals surface area contributed by atoms with Crippen LogP contribution in [0.3, 0.4) is 0 Å². The van der Waals surface area contributed by atoms with Crippen molar-refractivity contribution in [3.63, 3.8) is 0 Å². The van der Waals surface area contributed by atoms with Crippen molar-refractivity contribution in [1.29, 1.82) is 0 Å². The average Bonchev–Trinajstić information content (AvgIpc) is 2.73. The highest BCUT2D eigenvalue weighted by Crippen LogP contribution is 2.03. The largest absolute Gasteiger partial charge is 0.378 e. The average molecular weight is 387 g/mol. The molecule has 144 valence electrons. The Hall–Kier alpha value is -2.48. The maximum absolute atomic E-state index is 12.2. The summed E-state index contributed by atoms with van der Waals surface area (Å²) >= 11 is 0. The summed E-state index contributed by atoms with van der Waals surface area (Å²) in [6, 6.07) is 18.0. The Kier molecular flexibility index (Phi) is 8.70. The molecule has 2 aromatic rings. The number of nitrogens with one attached hydrogen (secondary N) is 2. The summed E-state index contributed by atoms with van der Waals surface area (Å²) in [6.07, 6.45) is 0.433. The Bertz CT molecular complexity index is 651. The fourth-order valence-electron chi connectivity index (χ4n) is 2.36. The Morgan fingerprint density at radius 3 is 1.48 bits per heavy atom. The van der Waals surface area contributed by atoms with Crippen LogP contribution in [0, 0.1) is 0 Å².